The Kier molecular flexibility index (Phi) is 3.43. The third kappa shape index (κ3) is 2.86. The zero-order valence-electron chi connectivity index (χ0n) is 8.17. The lowest BCUT2D eigenvalue weighted by Gasteiger charge is -2.04. The fraction of sp³-hybridized carbons (Fsp3) is 0.400. The van der Waals surface area contributed by atoms with E-state index in [1.165, 1.54) is 0 Å². The van der Waals surface area contributed by atoms with Crippen LogP contribution in [0, 0.1) is 6.92 Å². The highest BCUT2D eigenvalue weighted by molar-refractivity contribution is 5.28. The Labute approximate surface area is 78.9 Å². The number of nitrogens with zero attached hydrogens (tertiary/aromatic N) is 2. The Morgan fingerprint density at radius 3 is 2.92 bits per heavy atom. The van der Waals surface area contributed by atoms with Crippen molar-refractivity contribution in [1.82, 2.24) is 9.97 Å². The van der Waals surface area contributed by atoms with Crippen molar-refractivity contribution in [3.8, 4) is 0 Å². The number of aryl methyl sites for hydroxylation is 2. The van der Waals surface area contributed by atoms with Gasteiger partial charge in [0.1, 0.15) is 0 Å². The van der Waals surface area contributed by atoms with E-state index in [0.717, 1.165) is 17.8 Å². The molecular formula is C10H15N3. The summed E-state index contributed by atoms with van der Waals surface area (Å²) in [6.45, 7) is 8.38. The molecule has 0 unspecified atom stereocenters. The van der Waals surface area contributed by atoms with E-state index >= 15 is 0 Å². The smallest absolute Gasteiger partial charge is 0.223 e. The standard InChI is InChI=1S/C10H15N3/c1-4-6-11-10-12-8(3)7-9(5-2)13-10/h4,7H,1,5-6H2,2-3H3,(H,11,12,13). The summed E-state index contributed by atoms with van der Waals surface area (Å²) in [7, 11) is 0. The van der Waals surface area contributed by atoms with Gasteiger partial charge in [-0.05, 0) is 19.4 Å². The molecule has 0 aliphatic heterocycles. The first-order valence-corrected chi connectivity index (χ1v) is 4.45. The summed E-state index contributed by atoms with van der Waals surface area (Å²) in [6.07, 6.45) is 2.73. The summed E-state index contributed by atoms with van der Waals surface area (Å²) < 4.78 is 0. The second kappa shape index (κ2) is 4.60. The quantitative estimate of drug-likeness (QED) is 0.714. The maximum atomic E-state index is 4.32. The summed E-state index contributed by atoms with van der Waals surface area (Å²) in [6, 6.07) is 2.00. The van der Waals surface area contributed by atoms with E-state index in [1.54, 1.807) is 6.08 Å². The van der Waals surface area contributed by atoms with Gasteiger partial charge in [0, 0.05) is 17.9 Å². The van der Waals surface area contributed by atoms with E-state index in [4.69, 9.17) is 0 Å². The van der Waals surface area contributed by atoms with Gasteiger partial charge >= 0.3 is 0 Å². The zero-order chi connectivity index (χ0) is 9.68. The Morgan fingerprint density at radius 2 is 2.31 bits per heavy atom. The van der Waals surface area contributed by atoms with E-state index in [1.807, 2.05) is 13.0 Å². The minimum Gasteiger partial charge on any atom is -0.351 e. The van der Waals surface area contributed by atoms with Crippen LogP contribution in [0.5, 0.6) is 0 Å². The monoisotopic (exact) mass is 177 g/mol. The van der Waals surface area contributed by atoms with Crippen LogP contribution in [0.2, 0.25) is 0 Å². The molecule has 1 aromatic heterocycles. The van der Waals surface area contributed by atoms with Crippen LogP contribution in [-0.4, -0.2) is 16.5 Å². The van der Waals surface area contributed by atoms with Gasteiger partial charge in [-0.3, -0.25) is 0 Å². The molecule has 1 aromatic rings. The van der Waals surface area contributed by atoms with Gasteiger partial charge in [0.15, 0.2) is 0 Å². The molecule has 0 spiro atoms. The number of nitrogens with one attached hydrogen (secondary N) is 1. The molecule has 1 rings (SSSR count). The molecule has 0 aliphatic rings. The molecule has 0 atom stereocenters. The maximum absolute atomic E-state index is 4.32. The van der Waals surface area contributed by atoms with Gasteiger partial charge < -0.3 is 5.32 Å². The van der Waals surface area contributed by atoms with Crippen molar-refractivity contribution in [2.24, 2.45) is 0 Å². The largest absolute Gasteiger partial charge is 0.351 e. The van der Waals surface area contributed by atoms with Crippen molar-refractivity contribution in [3.05, 3.63) is 30.1 Å². The molecule has 0 radical (unpaired) electrons. The van der Waals surface area contributed by atoms with Crippen LogP contribution in [0.25, 0.3) is 0 Å². The molecule has 0 bridgehead atoms. The molecule has 3 nitrogen and oxygen atoms in total. The van der Waals surface area contributed by atoms with Crippen molar-refractivity contribution >= 4 is 5.95 Å². The summed E-state index contributed by atoms with van der Waals surface area (Å²) in [5.74, 6) is 0.691. The highest BCUT2D eigenvalue weighted by Gasteiger charge is 1.98. The lowest BCUT2D eigenvalue weighted by Crippen LogP contribution is -2.05. The van der Waals surface area contributed by atoms with Crippen LogP contribution in [-0.2, 0) is 6.42 Å². The van der Waals surface area contributed by atoms with Crippen molar-refractivity contribution in [2.45, 2.75) is 20.3 Å². The van der Waals surface area contributed by atoms with Crippen LogP contribution in [0.3, 0.4) is 0 Å². The van der Waals surface area contributed by atoms with Crippen LogP contribution in [0.15, 0.2) is 18.7 Å². The van der Waals surface area contributed by atoms with E-state index in [9.17, 15) is 0 Å². The van der Waals surface area contributed by atoms with Crippen LogP contribution >= 0.6 is 0 Å². The molecule has 0 aromatic carbocycles. The van der Waals surface area contributed by atoms with E-state index in [2.05, 4.69) is 28.8 Å². The van der Waals surface area contributed by atoms with Gasteiger partial charge in [0.25, 0.3) is 0 Å². The Balaban J connectivity index is 2.81. The summed E-state index contributed by atoms with van der Waals surface area (Å²) in [5, 5.41) is 3.07. The van der Waals surface area contributed by atoms with E-state index in [-0.39, 0.29) is 0 Å². The van der Waals surface area contributed by atoms with Crippen molar-refractivity contribution in [1.29, 1.82) is 0 Å². The highest BCUT2D eigenvalue weighted by Crippen LogP contribution is 2.04. The van der Waals surface area contributed by atoms with Gasteiger partial charge in [-0.2, -0.15) is 0 Å². The fourth-order valence-corrected chi connectivity index (χ4v) is 1.06. The van der Waals surface area contributed by atoms with Crippen molar-refractivity contribution < 1.29 is 0 Å². The molecule has 0 saturated carbocycles. The zero-order valence-corrected chi connectivity index (χ0v) is 8.17. The minimum atomic E-state index is 0.691. The first kappa shape index (κ1) is 9.71. The second-order valence-corrected chi connectivity index (χ2v) is 2.85. The molecule has 70 valence electrons. The highest BCUT2D eigenvalue weighted by atomic mass is 15.1. The molecule has 13 heavy (non-hydrogen) atoms. The van der Waals surface area contributed by atoms with Gasteiger partial charge in [-0.15, -0.1) is 6.58 Å². The van der Waals surface area contributed by atoms with Gasteiger partial charge in [0.05, 0.1) is 0 Å². The third-order valence-corrected chi connectivity index (χ3v) is 1.67. The Hall–Kier alpha value is -1.38. The van der Waals surface area contributed by atoms with Crippen LogP contribution in [0.1, 0.15) is 18.3 Å². The number of hydrogen-bond donors (Lipinski definition) is 1. The van der Waals surface area contributed by atoms with Crippen molar-refractivity contribution in [2.75, 3.05) is 11.9 Å². The first-order chi connectivity index (χ1) is 6.26. The van der Waals surface area contributed by atoms with Crippen molar-refractivity contribution in [3.63, 3.8) is 0 Å². The molecule has 0 aliphatic carbocycles. The Morgan fingerprint density at radius 1 is 1.54 bits per heavy atom. The summed E-state index contributed by atoms with van der Waals surface area (Å²) in [4.78, 5) is 8.57. The number of anilines is 1. The fourth-order valence-electron chi connectivity index (χ4n) is 1.06. The molecule has 3 heteroatoms. The van der Waals surface area contributed by atoms with E-state index < -0.39 is 0 Å². The number of hydrogen-bond acceptors (Lipinski definition) is 3. The van der Waals surface area contributed by atoms with Gasteiger partial charge in [-0.25, -0.2) is 9.97 Å². The normalized spacial score (nSPS) is 9.69. The van der Waals surface area contributed by atoms with Crippen LogP contribution in [0.4, 0.5) is 5.95 Å². The van der Waals surface area contributed by atoms with Gasteiger partial charge in [0.2, 0.25) is 5.95 Å². The maximum Gasteiger partial charge on any atom is 0.223 e. The molecule has 0 amide bonds. The molecule has 0 saturated heterocycles. The molecule has 1 N–H and O–H groups in total. The lowest BCUT2D eigenvalue weighted by atomic mass is 10.3. The lowest BCUT2D eigenvalue weighted by molar-refractivity contribution is 0.971. The molecular weight excluding hydrogens is 162 g/mol. The predicted octanol–water partition coefficient (Wildman–Crippen LogP) is 1.95. The first-order valence-electron chi connectivity index (χ1n) is 4.45. The summed E-state index contributed by atoms with van der Waals surface area (Å²) >= 11 is 0. The average Bonchev–Trinajstić information content (AvgIpc) is 2.14. The average molecular weight is 177 g/mol. The molecule has 1 heterocycles. The van der Waals surface area contributed by atoms with Gasteiger partial charge in [-0.1, -0.05) is 13.0 Å². The predicted molar refractivity (Wildman–Crippen MR) is 54.8 cm³/mol. The summed E-state index contributed by atoms with van der Waals surface area (Å²) in [5.41, 5.74) is 2.07. The number of aromatic nitrogens is 2. The minimum absolute atomic E-state index is 0.691. The topological polar surface area (TPSA) is 37.8 Å². The second-order valence-electron chi connectivity index (χ2n) is 2.85. The van der Waals surface area contributed by atoms with E-state index in [0.29, 0.717) is 12.5 Å². The Bertz CT molecular complexity index is 294. The number of rotatable bonds is 4. The molecule has 0 fully saturated rings. The third-order valence-electron chi connectivity index (χ3n) is 1.67. The van der Waals surface area contributed by atoms with Crippen LogP contribution < -0.4 is 5.32 Å². The SMILES string of the molecule is C=CCNc1nc(C)cc(CC)n1.